The molecular formula is C18H21ClN2O3. The Hall–Kier alpha value is -2.01. The SMILES string of the molecule is CNC(=O)OC1=C(c2c(C)cc(Cl)cc2C)C(=O)NC12CCCC2. The molecule has 1 aliphatic heterocycles. The first-order valence-electron chi connectivity index (χ1n) is 8.12. The van der Waals surface area contributed by atoms with E-state index in [-0.39, 0.29) is 5.91 Å². The number of amides is 2. The van der Waals surface area contributed by atoms with Gasteiger partial charge in [-0.1, -0.05) is 24.4 Å². The summed E-state index contributed by atoms with van der Waals surface area (Å²) in [6.45, 7) is 3.82. The van der Waals surface area contributed by atoms with Crippen LogP contribution in [0.4, 0.5) is 4.79 Å². The molecule has 5 nitrogen and oxygen atoms in total. The van der Waals surface area contributed by atoms with E-state index < -0.39 is 11.6 Å². The van der Waals surface area contributed by atoms with Gasteiger partial charge in [0.2, 0.25) is 0 Å². The number of ether oxygens (including phenoxy) is 1. The summed E-state index contributed by atoms with van der Waals surface area (Å²) < 4.78 is 5.59. The fourth-order valence-electron chi connectivity index (χ4n) is 3.83. The molecule has 0 saturated heterocycles. The van der Waals surface area contributed by atoms with Gasteiger partial charge < -0.3 is 15.4 Å². The third-order valence-electron chi connectivity index (χ3n) is 4.85. The summed E-state index contributed by atoms with van der Waals surface area (Å²) in [7, 11) is 1.51. The molecule has 24 heavy (non-hydrogen) atoms. The van der Waals surface area contributed by atoms with Crippen molar-refractivity contribution in [2.45, 2.75) is 45.1 Å². The van der Waals surface area contributed by atoms with E-state index in [1.54, 1.807) is 0 Å². The molecular weight excluding hydrogens is 328 g/mol. The zero-order chi connectivity index (χ0) is 17.5. The summed E-state index contributed by atoms with van der Waals surface area (Å²) >= 11 is 6.12. The van der Waals surface area contributed by atoms with E-state index in [0.717, 1.165) is 42.4 Å². The molecule has 1 heterocycles. The molecule has 1 aromatic rings. The second kappa shape index (κ2) is 6.13. The van der Waals surface area contributed by atoms with Gasteiger partial charge in [-0.05, 0) is 55.5 Å². The Morgan fingerprint density at radius 2 is 1.83 bits per heavy atom. The van der Waals surface area contributed by atoms with Gasteiger partial charge in [0.15, 0.2) is 0 Å². The topological polar surface area (TPSA) is 67.4 Å². The number of hydrogen-bond donors (Lipinski definition) is 2. The first-order valence-corrected chi connectivity index (χ1v) is 8.50. The third kappa shape index (κ3) is 2.67. The Kier molecular flexibility index (Phi) is 4.30. The average molecular weight is 349 g/mol. The maximum absolute atomic E-state index is 12.8. The van der Waals surface area contributed by atoms with Crippen molar-refractivity contribution >= 4 is 29.2 Å². The number of alkyl carbamates (subject to hydrolysis) is 1. The van der Waals surface area contributed by atoms with E-state index in [4.69, 9.17) is 16.3 Å². The van der Waals surface area contributed by atoms with Crippen LogP contribution in [0.1, 0.15) is 42.4 Å². The molecule has 2 N–H and O–H groups in total. The van der Waals surface area contributed by atoms with Gasteiger partial charge in [0.25, 0.3) is 5.91 Å². The van der Waals surface area contributed by atoms with E-state index >= 15 is 0 Å². The lowest BCUT2D eigenvalue weighted by atomic mass is 9.90. The predicted octanol–water partition coefficient (Wildman–Crippen LogP) is 3.47. The van der Waals surface area contributed by atoms with Crippen LogP contribution in [0.5, 0.6) is 0 Å². The molecule has 2 amide bonds. The van der Waals surface area contributed by atoms with Gasteiger partial charge in [-0.2, -0.15) is 0 Å². The molecule has 1 fully saturated rings. The lowest BCUT2D eigenvalue weighted by Crippen LogP contribution is -2.43. The molecule has 0 atom stereocenters. The van der Waals surface area contributed by atoms with Crippen LogP contribution < -0.4 is 10.6 Å². The van der Waals surface area contributed by atoms with Crippen molar-refractivity contribution in [2.75, 3.05) is 7.05 Å². The van der Waals surface area contributed by atoms with Crippen molar-refractivity contribution in [3.05, 3.63) is 39.6 Å². The average Bonchev–Trinajstić information content (AvgIpc) is 3.06. The second-order valence-corrected chi connectivity index (χ2v) is 6.94. The van der Waals surface area contributed by atoms with Gasteiger partial charge in [0.05, 0.1) is 11.1 Å². The zero-order valence-corrected chi connectivity index (χ0v) is 14.8. The summed E-state index contributed by atoms with van der Waals surface area (Å²) in [6, 6.07) is 3.64. The maximum Gasteiger partial charge on any atom is 0.412 e. The Morgan fingerprint density at radius 1 is 1.25 bits per heavy atom. The van der Waals surface area contributed by atoms with Crippen LogP contribution in [-0.4, -0.2) is 24.6 Å². The summed E-state index contributed by atoms with van der Waals surface area (Å²) in [5.74, 6) is 0.252. The Bertz CT molecular complexity index is 726. The van der Waals surface area contributed by atoms with E-state index in [2.05, 4.69) is 10.6 Å². The molecule has 6 heteroatoms. The van der Waals surface area contributed by atoms with Crippen molar-refractivity contribution < 1.29 is 14.3 Å². The number of halogens is 1. The molecule has 0 unspecified atom stereocenters. The molecule has 1 aliphatic carbocycles. The maximum atomic E-state index is 12.8. The highest BCUT2D eigenvalue weighted by molar-refractivity contribution is 6.31. The molecule has 2 aliphatic rings. The van der Waals surface area contributed by atoms with Crippen molar-refractivity contribution in [3.63, 3.8) is 0 Å². The highest BCUT2D eigenvalue weighted by atomic mass is 35.5. The lowest BCUT2D eigenvalue weighted by Gasteiger charge is -2.26. The van der Waals surface area contributed by atoms with Crippen LogP contribution in [-0.2, 0) is 9.53 Å². The van der Waals surface area contributed by atoms with Gasteiger partial charge >= 0.3 is 6.09 Å². The van der Waals surface area contributed by atoms with E-state index in [1.807, 2.05) is 26.0 Å². The first-order chi connectivity index (χ1) is 11.4. The molecule has 128 valence electrons. The number of carbonyl (C=O) groups is 2. The van der Waals surface area contributed by atoms with Crippen LogP contribution in [0.15, 0.2) is 17.9 Å². The van der Waals surface area contributed by atoms with E-state index in [9.17, 15) is 9.59 Å². The Balaban J connectivity index is 2.21. The minimum atomic E-state index is -0.572. The highest BCUT2D eigenvalue weighted by Gasteiger charge is 2.50. The van der Waals surface area contributed by atoms with Crippen molar-refractivity contribution in [1.29, 1.82) is 0 Å². The largest absolute Gasteiger partial charge is 0.412 e. The fourth-order valence-corrected chi connectivity index (χ4v) is 4.16. The third-order valence-corrected chi connectivity index (χ3v) is 5.06. The number of carbonyl (C=O) groups excluding carboxylic acids is 2. The smallest absolute Gasteiger partial charge is 0.411 e. The van der Waals surface area contributed by atoms with Gasteiger partial charge in [-0.25, -0.2) is 4.79 Å². The molecule has 3 rings (SSSR count). The quantitative estimate of drug-likeness (QED) is 0.860. The zero-order valence-electron chi connectivity index (χ0n) is 14.1. The summed E-state index contributed by atoms with van der Waals surface area (Å²) in [4.78, 5) is 24.7. The summed E-state index contributed by atoms with van der Waals surface area (Å²) in [5, 5.41) is 6.17. The normalized spacial score (nSPS) is 18.9. The van der Waals surface area contributed by atoms with Crippen LogP contribution >= 0.6 is 11.6 Å². The molecule has 1 saturated carbocycles. The van der Waals surface area contributed by atoms with Crippen LogP contribution in [0.2, 0.25) is 5.02 Å². The van der Waals surface area contributed by atoms with Crippen LogP contribution in [0.25, 0.3) is 5.57 Å². The number of aryl methyl sites for hydroxylation is 2. The van der Waals surface area contributed by atoms with Crippen molar-refractivity contribution in [1.82, 2.24) is 10.6 Å². The van der Waals surface area contributed by atoms with Gasteiger partial charge in [-0.3, -0.25) is 4.79 Å². The van der Waals surface area contributed by atoms with Gasteiger partial charge in [0, 0.05) is 12.1 Å². The second-order valence-electron chi connectivity index (χ2n) is 6.50. The Morgan fingerprint density at radius 3 is 2.38 bits per heavy atom. The van der Waals surface area contributed by atoms with E-state index in [0.29, 0.717) is 16.4 Å². The molecule has 1 aromatic carbocycles. The standard InChI is InChI=1S/C18H21ClN2O3/c1-10-8-12(19)9-11(2)13(10)14-15(24-17(23)20-3)18(21-16(14)22)6-4-5-7-18/h8-9H,4-7H2,1-3H3,(H,20,23)(H,21,22). The van der Waals surface area contributed by atoms with Gasteiger partial charge in [-0.15, -0.1) is 0 Å². The molecule has 1 spiro atoms. The van der Waals surface area contributed by atoms with Crippen LogP contribution in [0, 0.1) is 13.8 Å². The Labute approximate surface area is 146 Å². The fraction of sp³-hybridized carbons (Fsp3) is 0.444. The summed E-state index contributed by atoms with van der Waals surface area (Å²) in [6.07, 6.45) is 2.98. The lowest BCUT2D eigenvalue weighted by molar-refractivity contribution is -0.116. The first kappa shape index (κ1) is 16.8. The predicted molar refractivity (Wildman–Crippen MR) is 92.7 cm³/mol. The highest BCUT2D eigenvalue weighted by Crippen LogP contribution is 2.45. The van der Waals surface area contributed by atoms with Crippen LogP contribution in [0.3, 0.4) is 0 Å². The number of rotatable bonds is 2. The molecule has 0 radical (unpaired) electrons. The molecule has 0 aromatic heterocycles. The number of nitrogens with one attached hydrogen (secondary N) is 2. The van der Waals surface area contributed by atoms with Crippen molar-refractivity contribution in [2.24, 2.45) is 0 Å². The van der Waals surface area contributed by atoms with E-state index in [1.165, 1.54) is 7.05 Å². The number of hydrogen-bond acceptors (Lipinski definition) is 3. The minimum absolute atomic E-state index is 0.190. The van der Waals surface area contributed by atoms with Crippen molar-refractivity contribution in [3.8, 4) is 0 Å². The molecule has 0 bridgehead atoms. The summed E-state index contributed by atoms with van der Waals surface area (Å²) in [5.41, 5.74) is 2.44. The number of benzene rings is 1. The minimum Gasteiger partial charge on any atom is -0.411 e. The van der Waals surface area contributed by atoms with Gasteiger partial charge in [0.1, 0.15) is 5.76 Å². The monoisotopic (exact) mass is 348 g/mol.